The maximum Gasteiger partial charge on any atom is 0.194 e. The molecule has 0 bridgehead atoms. The van der Waals surface area contributed by atoms with Gasteiger partial charge in [-0.25, -0.2) is 0 Å². The third kappa shape index (κ3) is 4.47. The van der Waals surface area contributed by atoms with Crippen LogP contribution in [0.2, 0.25) is 18.1 Å². The van der Waals surface area contributed by atoms with E-state index < -0.39 is 13.9 Å². The molecule has 1 unspecified atom stereocenters. The summed E-state index contributed by atoms with van der Waals surface area (Å²) in [6, 6.07) is 12.7. The number of aryl methyl sites for hydroxylation is 1. The van der Waals surface area contributed by atoms with Crippen LogP contribution in [0.15, 0.2) is 30.3 Å². The van der Waals surface area contributed by atoms with Crippen molar-refractivity contribution in [1.82, 2.24) is 0 Å². The Labute approximate surface area is 124 Å². The Hall–Kier alpha value is -1.11. The Balaban J connectivity index is 2.76. The molecule has 110 valence electrons. The highest BCUT2D eigenvalue weighted by atomic mass is 28.4. The first-order chi connectivity index (χ1) is 9.10. The number of nitriles is 1. The molecule has 0 aromatic heterocycles. The van der Waals surface area contributed by atoms with Crippen molar-refractivity contribution >= 4 is 8.32 Å². The molecule has 0 spiro atoms. The van der Waals surface area contributed by atoms with Crippen LogP contribution in [0, 0.1) is 11.3 Å². The molecule has 0 saturated carbocycles. The van der Waals surface area contributed by atoms with Crippen molar-refractivity contribution in [2.75, 3.05) is 0 Å². The van der Waals surface area contributed by atoms with Gasteiger partial charge < -0.3 is 4.43 Å². The average molecular weight is 289 g/mol. The second-order valence-corrected chi connectivity index (χ2v) is 11.9. The van der Waals surface area contributed by atoms with E-state index in [1.54, 1.807) is 0 Å². The summed E-state index contributed by atoms with van der Waals surface area (Å²) in [5, 5.41) is 9.66. The lowest BCUT2D eigenvalue weighted by atomic mass is 9.98. The lowest BCUT2D eigenvalue weighted by Gasteiger charge is -2.41. The lowest BCUT2D eigenvalue weighted by molar-refractivity contribution is 0.120. The number of nitrogens with zero attached hydrogens (tertiary/aromatic N) is 1. The predicted molar refractivity (Wildman–Crippen MR) is 87.1 cm³/mol. The molecule has 1 rings (SSSR count). The van der Waals surface area contributed by atoms with Gasteiger partial charge in [-0.3, -0.25) is 0 Å². The fourth-order valence-corrected chi connectivity index (χ4v) is 3.45. The fourth-order valence-electron chi connectivity index (χ4n) is 1.87. The van der Waals surface area contributed by atoms with Crippen LogP contribution in [0.25, 0.3) is 0 Å². The summed E-state index contributed by atoms with van der Waals surface area (Å²) in [6.45, 7) is 12.9. The topological polar surface area (TPSA) is 33.0 Å². The molecule has 0 heterocycles. The Morgan fingerprint density at radius 1 is 1.10 bits per heavy atom. The van der Waals surface area contributed by atoms with Gasteiger partial charge in [0, 0.05) is 0 Å². The lowest BCUT2D eigenvalue weighted by Crippen LogP contribution is -2.48. The minimum Gasteiger partial charge on any atom is -0.399 e. The van der Waals surface area contributed by atoms with Crippen molar-refractivity contribution in [2.24, 2.45) is 0 Å². The van der Waals surface area contributed by atoms with E-state index in [4.69, 9.17) is 4.43 Å². The SMILES string of the molecule is CC(C#N)(CCc1ccccc1)O[Si](C)(C)C(C)(C)C. The zero-order valence-corrected chi connectivity index (χ0v) is 14.7. The summed E-state index contributed by atoms with van der Waals surface area (Å²) in [5.74, 6) is 0. The molecule has 1 aromatic carbocycles. The van der Waals surface area contributed by atoms with Gasteiger partial charge in [-0.15, -0.1) is 0 Å². The van der Waals surface area contributed by atoms with Gasteiger partial charge in [0.05, 0.1) is 6.07 Å². The Kier molecular flexibility index (Phi) is 5.18. The highest BCUT2D eigenvalue weighted by Crippen LogP contribution is 2.39. The van der Waals surface area contributed by atoms with Crippen LogP contribution in [-0.2, 0) is 10.8 Å². The molecule has 0 fully saturated rings. The normalized spacial score (nSPS) is 15.4. The number of rotatable bonds is 5. The number of benzene rings is 1. The summed E-state index contributed by atoms with van der Waals surface area (Å²) in [4.78, 5) is 0. The molecule has 0 radical (unpaired) electrons. The van der Waals surface area contributed by atoms with Crippen molar-refractivity contribution in [3.8, 4) is 6.07 Å². The quantitative estimate of drug-likeness (QED) is 0.720. The number of hydrogen-bond acceptors (Lipinski definition) is 2. The summed E-state index contributed by atoms with van der Waals surface area (Å²) in [6.07, 6.45) is 1.61. The van der Waals surface area contributed by atoms with Gasteiger partial charge in [0.15, 0.2) is 8.32 Å². The molecule has 0 amide bonds. The second-order valence-electron chi connectivity index (χ2n) is 7.19. The van der Waals surface area contributed by atoms with Gasteiger partial charge in [-0.2, -0.15) is 5.26 Å². The monoisotopic (exact) mass is 289 g/mol. The molecular formula is C17H27NOSi. The van der Waals surface area contributed by atoms with Crippen molar-refractivity contribution in [2.45, 2.75) is 64.3 Å². The zero-order valence-electron chi connectivity index (χ0n) is 13.7. The maximum atomic E-state index is 9.54. The fraction of sp³-hybridized carbons (Fsp3) is 0.588. The average Bonchev–Trinajstić information content (AvgIpc) is 2.36. The molecule has 0 aliphatic heterocycles. The summed E-state index contributed by atoms with van der Waals surface area (Å²) in [7, 11) is -1.92. The molecule has 0 aliphatic carbocycles. The van der Waals surface area contributed by atoms with Gasteiger partial charge in [0.2, 0.25) is 0 Å². The van der Waals surface area contributed by atoms with E-state index in [-0.39, 0.29) is 5.04 Å². The molecule has 1 atom stereocenters. The van der Waals surface area contributed by atoms with Crippen molar-refractivity contribution in [1.29, 1.82) is 5.26 Å². The maximum absolute atomic E-state index is 9.54. The van der Waals surface area contributed by atoms with E-state index in [0.29, 0.717) is 0 Å². The van der Waals surface area contributed by atoms with Crippen molar-refractivity contribution in [3.63, 3.8) is 0 Å². The van der Waals surface area contributed by atoms with Gasteiger partial charge in [-0.1, -0.05) is 51.1 Å². The van der Waals surface area contributed by atoms with E-state index in [1.165, 1.54) is 5.56 Å². The van der Waals surface area contributed by atoms with E-state index in [2.05, 4.69) is 52.1 Å². The van der Waals surface area contributed by atoms with E-state index in [9.17, 15) is 5.26 Å². The van der Waals surface area contributed by atoms with Crippen LogP contribution in [-0.4, -0.2) is 13.9 Å². The van der Waals surface area contributed by atoms with Gasteiger partial charge >= 0.3 is 0 Å². The molecule has 3 heteroatoms. The molecule has 0 aliphatic rings. The third-order valence-electron chi connectivity index (χ3n) is 4.26. The summed E-state index contributed by atoms with van der Waals surface area (Å²) < 4.78 is 6.34. The third-order valence-corrected chi connectivity index (χ3v) is 8.83. The second kappa shape index (κ2) is 6.11. The Morgan fingerprint density at radius 3 is 2.10 bits per heavy atom. The molecule has 1 aromatic rings. The van der Waals surface area contributed by atoms with Crippen molar-refractivity contribution < 1.29 is 4.43 Å². The van der Waals surface area contributed by atoms with E-state index in [1.807, 2.05) is 25.1 Å². The Morgan fingerprint density at radius 2 is 1.65 bits per heavy atom. The minimum atomic E-state index is -1.92. The predicted octanol–water partition coefficient (Wildman–Crippen LogP) is 4.92. The molecule has 0 saturated heterocycles. The zero-order chi connectivity index (χ0) is 15.4. The smallest absolute Gasteiger partial charge is 0.194 e. The van der Waals surface area contributed by atoms with Gasteiger partial charge in [0.1, 0.15) is 5.60 Å². The molecule has 20 heavy (non-hydrogen) atoms. The highest BCUT2D eigenvalue weighted by Gasteiger charge is 2.42. The first kappa shape index (κ1) is 16.9. The number of hydrogen-bond donors (Lipinski definition) is 0. The van der Waals surface area contributed by atoms with E-state index in [0.717, 1.165) is 12.8 Å². The van der Waals surface area contributed by atoms with Crippen LogP contribution in [0.3, 0.4) is 0 Å². The largest absolute Gasteiger partial charge is 0.399 e. The van der Waals surface area contributed by atoms with Crippen LogP contribution in [0.5, 0.6) is 0 Å². The van der Waals surface area contributed by atoms with Gasteiger partial charge in [-0.05, 0) is 43.5 Å². The summed E-state index contributed by atoms with van der Waals surface area (Å²) in [5.41, 5.74) is 0.562. The Bertz CT molecular complexity index is 470. The van der Waals surface area contributed by atoms with Crippen LogP contribution in [0.1, 0.15) is 39.7 Å². The molecule has 2 nitrogen and oxygen atoms in total. The molecular weight excluding hydrogens is 262 g/mol. The molecule has 0 N–H and O–H groups in total. The summed E-state index contributed by atoms with van der Waals surface area (Å²) >= 11 is 0. The first-order valence-electron chi connectivity index (χ1n) is 7.25. The minimum absolute atomic E-state index is 0.123. The van der Waals surface area contributed by atoms with Crippen LogP contribution < -0.4 is 0 Å². The van der Waals surface area contributed by atoms with Crippen LogP contribution in [0.4, 0.5) is 0 Å². The standard InChI is InChI=1S/C17H27NOSi/c1-16(2,3)20(5,6)19-17(4,14-18)13-12-15-10-8-7-9-11-15/h7-11H,12-13H2,1-6H3. The van der Waals surface area contributed by atoms with Crippen molar-refractivity contribution in [3.05, 3.63) is 35.9 Å². The van der Waals surface area contributed by atoms with Crippen LogP contribution >= 0.6 is 0 Å². The van der Waals surface area contributed by atoms with E-state index >= 15 is 0 Å². The first-order valence-corrected chi connectivity index (χ1v) is 10.2. The highest BCUT2D eigenvalue weighted by molar-refractivity contribution is 6.74. The van der Waals surface area contributed by atoms with Gasteiger partial charge in [0.25, 0.3) is 0 Å².